The molecule has 0 aliphatic rings. The van der Waals surface area contributed by atoms with Gasteiger partial charge in [-0.2, -0.15) is 0 Å². The van der Waals surface area contributed by atoms with Crippen molar-refractivity contribution in [1.29, 1.82) is 0 Å². The highest BCUT2D eigenvalue weighted by Gasteiger charge is 2.13. The Kier molecular flexibility index (Phi) is 12.3. The molecule has 7 nitrogen and oxygen atoms in total. The summed E-state index contributed by atoms with van der Waals surface area (Å²) in [6, 6.07) is 5.73. The van der Waals surface area contributed by atoms with Gasteiger partial charge in [-0.15, -0.1) is 41.7 Å². The third-order valence-corrected chi connectivity index (χ3v) is 5.37. The molecule has 0 saturated carbocycles. The number of hydrogen-bond donors (Lipinski definition) is 1. The van der Waals surface area contributed by atoms with Crippen LogP contribution in [0.25, 0.3) is 0 Å². The van der Waals surface area contributed by atoms with Crippen LogP contribution >= 0.6 is 35.3 Å². The van der Waals surface area contributed by atoms with Gasteiger partial charge in [0.1, 0.15) is 17.7 Å². The number of methoxy groups -OCH3 is 2. The van der Waals surface area contributed by atoms with Crippen molar-refractivity contribution in [3.05, 3.63) is 39.8 Å². The Labute approximate surface area is 206 Å². The number of thiazole rings is 1. The van der Waals surface area contributed by atoms with Crippen LogP contribution in [0.3, 0.4) is 0 Å². The number of guanidine groups is 1. The lowest BCUT2D eigenvalue weighted by atomic mass is 10.2. The second kappa shape index (κ2) is 14.1. The van der Waals surface area contributed by atoms with Crippen LogP contribution in [0, 0.1) is 12.3 Å². The van der Waals surface area contributed by atoms with Crippen molar-refractivity contribution in [2.75, 3.05) is 34.4 Å². The molecule has 0 bridgehead atoms. The Morgan fingerprint density at radius 3 is 2.77 bits per heavy atom. The average Bonchev–Trinajstić information content (AvgIpc) is 3.22. The van der Waals surface area contributed by atoms with Crippen molar-refractivity contribution in [2.45, 2.75) is 33.0 Å². The molecule has 170 valence electrons. The first-order valence-electron chi connectivity index (χ1n) is 9.72. The Morgan fingerprint density at radius 2 is 2.13 bits per heavy atom. The number of aromatic nitrogens is 1. The zero-order valence-electron chi connectivity index (χ0n) is 18.7. The van der Waals surface area contributed by atoms with Gasteiger partial charge in [-0.25, -0.2) is 9.98 Å². The summed E-state index contributed by atoms with van der Waals surface area (Å²) in [5, 5.41) is 6.36. The lowest BCUT2D eigenvalue weighted by molar-refractivity contribution is 0.119. The highest BCUT2D eigenvalue weighted by molar-refractivity contribution is 14.0. The number of rotatable bonds is 10. The Morgan fingerprint density at radius 1 is 1.35 bits per heavy atom. The van der Waals surface area contributed by atoms with Crippen LogP contribution in [0.4, 0.5) is 0 Å². The Hall–Kier alpha value is -2.03. The molecule has 1 aromatic carbocycles. The number of benzene rings is 1. The van der Waals surface area contributed by atoms with Crippen molar-refractivity contribution < 1.29 is 14.2 Å². The summed E-state index contributed by atoms with van der Waals surface area (Å²) in [6.45, 7) is 6.14. The van der Waals surface area contributed by atoms with Crippen LogP contribution in [0.1, 0.15) is 36.2 Å². The summed E-state index contributed by atoms with van der Waals surface area (Å²) < 4.78 is 16.3. The molecule has 9 heteroatoms. The molecule has 1 N–H and O–H groups in total. The maximum absolute atomic E-state index is 5.58. The predicted octanol–water partition coefficient (Wildman–Crippen LogP) is 4.09. The van der Waals surface area contributed by atoms with E-state index in [1.807, 2.05) is 39.1 Å². The summed E-state index contributed by atoms with van der Waals surface area (Å²) in [5.41, 5.74) is 1.98. The molecule has 1 aromatic heterocycles. The van der Waals surface area contributed by atoms with E-state index in [4.69, 9.17) is 25.6 Å². The molecule has 0 fully saturated rings. The first-order chi connectivity index (χ1) is 14.5. The molecule has 2 aromatic rings. The van der Waals surface area contributed by atoms with Crippen molar-refractivity contribution in [1.82, 2.24) is 15.2 Å². The third-order valence-electron chi connectivity index (χ3n) is 4.32. The quantitative estimate of drug-likeness (QED) is 0.205. The molecular weight excluding hydrogens is 527 g/mol. The van der Waals surface area contributed by atoms with Crippen LogP contribution in [-0.2, 0) is 17.8 Å². The third kappa shape index (κ3) is 8.20. The lowest BCUT2D eigenvalue weighted by Gasteiger charge is -2.21. The van der Waals surface area contributed by atoms with Crippen molar-refractivity contribution in [3.63, 3.8) is 0 Å². The zero-order chi connectivity index (χ0) is 21.9. The Balaban J connectivity index is 0.00000480. The molecule has 1 unspecified atom stereocenters. The van der Waals surface area contributed by atoms with Crippen LogP contribution in [-0.4, -0.2) is 50.3 Å². The largest absolute Gasteiger partial charge is 0.493 e. The summed E-state index contributed by atoms with van der Waals surface area (Å²) in [4.78, 5) is 11.5. The van der Waals surface area contributed by atoms with Gasteiger partial charge < -0.3 is 24.4 Å². The molecule has 31 heavy (non-hydrogen) atoms. The number of nitrogens with zero attached hydrogens (tertiary/aromatic N) is 3. The first-order valence-corrected chi connectivity index (χ1v) is 10.6. The molecule has 1 heterocycles. The maximum Gasteiger partial charge on any atom is 0.194 e. The fourth-order valence-corrected chi connectivity index (χ4v) is 3.53. The lowest BCUT2D eigenvalue weighted by Crippen LogP contribution is -2.38. The monoisotopic (exact) mass is 558 g/mol. The molecule has 0 saturated heterocycles. The normalized spacial score (nSPS) is 11.8. The molecule has 0 amide bonds. The molecule has 2 rings (SSSR count). The SMILES string of the molecule is C#CCOc1cc(CN=C(NCC)N(C)Cc2csc(C(C)OC)n2)ccc1OC.I. The Bertz CT molecular complexity index is 882. The minimum atomic E-state index is -0.00285. The van der Waals surface area contributed by atoms with Gasteiger partial charge in [0, 0.05) is 26.1 Å². The summed E-state index contributed by atoms with van der Waals surface area (Å²) in [6.07, 6.45) is 5.29. The fourth-order valence-electron chi connectivity index (χ4n) is 2.69. The van der Waals surface area contributed by atoms with E-state index in [1.165, 1.54) is 0 Å². The van der Waals surface area contributed by atoms with E-state index in [2.05, 4.69) is 26.5 Å². The molecule has 0 spiro atoms. The highest BCUT2D eigenvalue weighted by atomic mass is 127. The standard InChI is InChI=1S/C22H30N4O3S.HI/c1-7-11-29-20-12-17(9-10-19(20)28-6)13-24-22(23-8-2)26(4)14-18-15-30-21(25-18)16(3)27-5;/h1,9-10,12,15-16H,8,11,13-14H2,2-6H3,(H,23,24);1H. The van der Waals surface area contributed by atoms with E-state index in [1.54, 1.807) is 25.6 Å². The van der Waals surface area contributed by atoms with E-state index in [-0.39, 0.29) is 36.7 Å². The number of nitrogens with one attached hydrogen (secondary N) is 1. The number of ether oxygens (including phenoxy) is 3. The van der Waals surface area contributed by atoms with Crippen LogP contribution in [0.2, 0.25) is 0 Å². The number of hydrogen-bond acceptors (Lipinski definition) is 6. The van der Waals surface area contributed by atoms with Crippen molar-refractivity contribution in [2.24, 2.45) is 4.99 Å². The fraction of sp³-hybridized carbons (Fsp3) is 0.455. The van der Waals surface area contributed by atoms with Crippen LogP contribution in [0.5, 0.6) is 11.5 Å². The first kappa shape index (κ1) is 27.0. The van der Waals surface area contributed by atoms with Crippen molar-refractivity contribution >= 4 is 41.3 Å². The summed E-state index contributed by atoms with van der Waals surface area (Å²) in [5.74, 6) is 4.53. The van der Waals surface area contributed by atoms with Gasteiger partial charge in [0.05, 0.1) is 25.9 Å². The minimum Gasteiger partial charge on any atom is -0.493 e. The van der Waals surface area contributed by atoms with E-state index >= 15 is 0 Å². The van der Waals surface area contributed by atoms with E-state index in [9.17, 15) is 0 Å². The van der Waals surface area contributed by atoms with Gasteiger partial charge in [0.25, 0.3) is 0 Å². The number of halogens is 1. The molecular formula is C22H31IN4O3S. The molecule has 1 atom stereocenters. The highest BCUT2D eigenvalue weighted by Crippen LogP contribution is 2.28. The van der Waals surface area contributed by atoms with Crippen LogP contribution in [0.15, 0.2) is 28.6 Å². The second-order valence-corrected chi connectivity index (χ2v) is 7.45. The minimum absolute atomic E-state index is 0. The molecule has 0 aliphatic carbocycles. The van der Waals surface area contributed by atoms with E-state index in [0.29, 0.717) is 24.6 Å². The van der Waals surface area contributed by atoms with Gasteiger partial charge in [0.15, 0.2) is 17.5 Å². The van der Waals surface area contributed by atoms with E-state index < -0.39 is 0 Å². The smallest absolute Gasteiger partial charge is 0.194 e. The zero-order valence-corrected chi connectivity index (χ0v) is 21.8. The van der Waals surface area contributed by atoms with Gasteiger partial charge >= 0.3 is 0 Å². The van der Waals surface area contributed by atoms with Gasteiger partial charge in [0.2, 0.25) is 0 Å². The van der Waals surface area contributed by atoms with Gasteiger partial charge in [-0.3, -0.25) is 0 Å². The molecule has 0 radical (unpaired) electrons. The second-order valence-electron chi connectivity index (χ2n) is 6.56. The topological polar surface area (TPSA) is 68.2 Å². The van der Waals surface area contributed by atoms with E-state index in [0.717, 1.165) is 28.8 Å². The maximum atomic E-state index is 5.58. The van der Waals surface area contributed by atoms with Gasteiger partial charge in [-0.05, 0) is 31.5 Å². The summed E-state index contributed by atoms with van der Waals surface area (Å²) in [7, 11) is 5.29. The molecule has 0 aliphatic heterocycles. The predicted molar refractivity (Wildman–Crippen MR) is 137 cm³/mol. The van der Waals surface area contributed by atoms with Crippen LogP contribution < -0.4 is 14.8 Å². The average molecular weight is 558 g/mol. The van der Waals surface area contributed by atoms with Gasteiger partial charge in [-0.1, -0.05) is 12.0 Å². The van der Waals surface area contributed by atoms with Crippen molar-refractivity contribution in [3.8, 4) is 23.8 Å². The number of aliphatic imine (C=N–C) groups is 1. The number of terminal acetylenes is 1. The summed E-state index contributed by atoms with van der Waals surface area (Å²) >= 11 is 1.61.